The van der Waals surface area contributed by atoms with Crippen molar-refractivity contribution in [3.05, 3.63) is 35.9 Å². The van der Waals surface area contributed by atoms with Crippen LogP contribution in [0.5, 0.6) is 11.5 Å². The number of rotatable bonds is 9. The van der Waals surface area contributed by atoms with Gasteiger partial charge in [0.25, 0.3) is 0 Å². The number of alkyl halides is 2. The first-order valence-electron chi connectivity index (χ1n) is 8.57. The van der Waals surface area contributed by atoms with Gasteiger partial charge in [-0.25, -0.2) is 4.99 Å². The first kappa shape index (κ1) is 20.4. The molecular formula is C17H24F2N6O2. The van der Waals surface area contributed by atoms with Gasteiger partial charge in [-0.05, 0) is 32.0 Å². The molecule has 27 heavy (non-hydrogen) atoms. The second-order valence-corrected chi connectivity index (χ2v) is 5.43. The Balaban J connectivity index is 2.13. The molecule has 0 spiro atoms. The van der Waals surface area contributed by atoms with E-state index in [1.54, 1.807) is 18.5 Å². The van der Waals surface area contributed by atoms with Crippen LogP contribution in [-0.4, -0.2) is 41.0 Å². The Morgan fingerprint density at radius 2 is 2.11 bits per heavy atom. The van der Waals surface area contributed by atoms with Crippen LogP contribution in [0.2, 0.25) is 0 Å². The van der Waals surface area contributed by atoms with Crippen molar-refractivity contribution in [2.45, 2.75) is 40.1 Å². The fourth-order valence-corrected chi connectivity index (χ4v) is 2.37. The Kier molecular flexibility index (Phi) is 7.78. The molecular weight excluding hydrogens is 358 g/mol. The number of benzene rings is 1. The van der Waals surface area contributed by atoms with Crippen molar-refractivity contribution in [3.63, 3.8) is 0 Å². The Bertz CT molecular complexity index is 751. The van der Waals surface area contributed by atoms with Crippen molar-refractivity contribution < 1.29 is 18.3 Å². The van der Waals surface area contributed by atoms with Gasteiger partial charge in [0.1, 0.15) is 17.8 Å². The van der Waals surface area contributed by atoms with Crippen molar-refractivity contribution in [1.29, 1.82) is 0 Å². The first-order chi connectivity index (χ1) is 13.1. The minimum Gasteiger partial charge on any atom is -0.497 e. The highest BCUT2D eigenvalue weighted by atomic mass is 19.3. The summed E-state index contributed by atoms with van der Waals surface area (Å²) >= 11 is 0. The lowest BCUT2D eigenvalue weighted by atomic mass is 10.2. The van der Waals surface area contributed by atoms with E-state index in [1.165, 1.54) is 13.2 Å². The minimum absolute atomic E-state index is 0.0659. The molecule has 0 unspecified atom stereocenters. The maximum Gasteiger partial charge on any atom is 0.387 e. The average Bonchev–Trinajstić information content (AvgIpc) is 3.12. The van der Waals surface area contributed by atoms with Gasteiger partial charge < -0.3 is 24.7 Å². The first-order valence-corrected chi connectivity index (χ1v) is 8.57. The normalized spacial score (nSPS) is 11.6. The van der Waals surface area contributed by atoms with Gasteiger partial charge in [0.15, 0.2) is 11.8 Å². The Hall–Kier alpha value is -2.91. The van der Waals surface area contributed by atoms with Crippen molar-refractivity contribution >= 4 is 5.96 Å². The van der Waals surface area contributed by atoms with E-state index in [4.69, 9.17) is 4.74 Å². The van der Waals surface area contributed by atoms with E-state index in [0.29, 0.717) is 30.4 Å². The van der Waals surface area contributed by atoms with E-state index < -0.39 is 6.61 Å². The molecule has 0 atom stereocenters. The molecule has 1 heterocycles. The highest BCUT2D eigenvalue weighted by Crippen LogP contribution is 2.26. The Labute approximate surface area is 156 Å². The minimum atomic E-state index is -2.91. The summed E-state index contributed by atoms with van der Waals surface area (Å²) < 4.78 is 36.9. The standard InChI is InChI=1S/C17H24F2N6O2/c1-4-20-17(22-10-15-24-23-11-25(15)5-2)21-9-12-8-13(26-3)6-7-14(12)27-16(18)19/h6-8,11,16H,4-5,9-10H2,1-3H3,(H2,20,21,22). The van der Waals surface area contributed by atoms with Gasteiger partial charge in [0.05, 0.1) is 20.2 Å². The number of nitrogens with one attached hydrogen (secondary N) is 2. The molecule has 0 saturated carbocycles. The lowest BCUT2D eigenvalue weighted by Gasteiger charge is -2.13. The van der Waals surface area contributed by atoms with Crippen LogP contribution in [0.1, 0.15) is 25.2 Å². The molecule has 1 aromatic heterocycles. The summed E-state index contributed by atoms with van der Waals surface area (Å²) in [5, 5.41) is 14.2. The van der Waals surface area contributed by atoms with E-state index in [2.05, 4.69) is 30.6 Å². The molecule has 2 aromatic rings. The Morgan fingerprint density at radius 3 is 2.78 bits per heavy atom. The van der Waals surface area contributed by atoms with Crippen LogP contribution >= 0.6 is 0 Å². The van der Waals surface area contributed by atoms with Gasteiger partial charge in [-0.15, -0.1) is 10.2 Å². The molecule has 0 amide bonds. The zero-order chi connectivity index (χ0) is 19.6. The molecule has 2 N–H and O–H groups in total. The van der Waals surface area contributed by atoms with Crippen LogP contribution in [0.3, 0.4) is 0 Å². The molecule has 2 rings (SSSR count). The second-order valence-electron chi connectivity index (χ2n) is 5.43. The van der Waals surface area contributed by atoms with Crippen LogP contribution < -0.4 is 20.1 Å². The van der Waals surface area contributed by atoms with Gasteiger partial charge in [0.2, 0.25) is 0 Å². The predicted molar refractivity (Wildman–Crippen MR) is 97.0 cm³/mol. The van der Waals surface area contributed by atoms with Crippen LogP contribution in [0, 0.1) is 0 Å². The summed E-state index contributed by atoms with van der Waals surface area (Å²) in [5.74, 6) is 1.90. The van der Waals surface area contributed by atoms with Gasteiger partial charge >= 0.3 is 6.61 Å². The molecule has 10 heteroatoms. The second kappa shape index (κ2) is 10.3. The van der Waals surface area contributed by atoms with Crippen molar-refractivity contribution in [3.8, 4) is 11.5 Å². The third-order valence-electron chi connectivity index (χ3n) is 3.69. The molecule has 8 nitrogen and oxygen atoms in total. The lowest BCUT2D eigenvalue weighted by Crippen LogP contribution is -2.37. The molecule has 0 aliphatic heterocycles. The molecule has 0 fully saturated rings. The highest BCUT2D eigenvalue weighted by molar-refractivity contribution is 5.79. The van der Waals surface area contributed by atoms with E-state index in [9.17, 15) is 8.78 Å². The monoisotopic (exact) mass is 382 g/mol. The summed E-state index contributed by atoms with van der Waals surface area (Å²) in [6.45, 7) is 2.99. The number of ether oxygens (including phenoxy) is 2. The SMILES string of the molecule is CCNC(=NCc1cc(OC)ccc1OC(F)F)NCc1nncn1CC. The quantitative estimate of drug-likeness (QED) is 0.511. The summed E-state index contributed by atoms with van der Waals surface area (Å²) in [7, 11) is 1.51. The number of aryl methyl sites for hydroxylation is 1. The molecule has 0 radical (unpaired) electrons. The summed E-state index contributed by atoms with van der Waals surface area (Å²) in [5.41, 5.74) is 0.489. The molecule has 0 saturated heterocycles. The zero-order valence-corrected chi connectivity index (χ0v) is 15.6. The highest BCUT2D eigenvalue weighted by Gasteiger charge is 2.11. The van der Waals surface area contributed by atoms with Crippen LogP contribution in [0.4, 0.5) is 8.78 Å². The molecule has 148 valence electrons. The molecule has 0 aliphatic rings. The van der Waals surface area contributed by atoms with Gasteiger partial charge in [-0.1, -0.05) is 0 Å². The number of hydrogen-bond acceptors (Lipinski definition) is 5. The maximum absolute atomic E-state index is 12.6. The third kappa shape index (κ3) is 6.08. The fourth-order valence-electron chi connectivity index (χ4n) is 2.37. The number of hydrogen-bond donors (Lipinski definition) is 2. The van der Waals surface area contributed by atoms with Crippen LogP contribution in [-0.2, 0) is 19.6 Å². The maximum atomic E-state index is 12.6. The van der Waals surface area contributed by atoms with E-state index in [0.717, 1.165) is 12.4 Å². The number of halogens is 2. The van der Waals surface area contributed by atoms with Crippen LogP contribution in [0.25, 0.3) is 0 Å². The van der Waals surface area contributed by atoms with Crippen molar-refractivity contribution in [2.75, 3.05) is 13.7 Å². The number of nitrogens with zero attached hydrogens (tertiary/aromatic N) is 4. The number of guanidine groups is 1. The van der Waals surface area contributed by atoms with Crippen molar-refractivity contribution in [2.24, 2.45) is 4.99 Å². The van der Waals surface area contributed by atoms with E-state index in [-0.39, 0.29) is 12.3 Å². The van der Waals surface area contributed by atoms with Gasteiger partial charge in [-0.3, -0.25) is 0 Å². The summed E-state index contributed by atoms with van der Waals surface area (Å²) in [6, 6.07) is 4.63. The summed E-state index contributed by atoms with van der Waals surface area (Å²) in [6.07, 6.45) is 1.66. The van der Waals surface area contributed by atoms with Crippen molar-refractivity contribution in [1.82, 2.24) is 25.4 Å². The van der Waals surface area contributed by atoms with Gasteiger partial charge in [-0.2, -0.15) is 8.78 Å². The zero-order valence-electron chi connectivity index (χ0n) is 15.6. The van der Waals surface area contributed by atoms with E-state index in [1.807, 2.05) is 18.4 Å². The fraction of sp³-hybridized carbons (Fsp3) is 0.471. The Morgan fingerprint density at radius 1 is 1.30 bits per heavy atom. The molecule has 0 aliphatic carbocycles. The topological polar surface area (TPSA) is 85.6 Å². The molecule has 1 aromatic carbocycles. The number of aliphatic imine (C=N–C) groups is 1. The summed E-state index contributed by atoms with van der Waals surface area (Å²) in [4.78, 5) is 4.44. The third-order valence-corrected chi connectivity index (χ3v) is 3.69. The molecule has 0 bridgehead atoms. The smallest absolute Gasteiger partial charge is 0.387 e. The number of methoxy groups -OCH3 is 1. The number of aromatic nitrogens is 3. The predicted octanol–water partition coefficient (Wildman–Crippen LogP) is 2.16. The van der Waals surface area contributed by atoms with Gasteiger partial charge in [0, 0.05) is 18.7 Å². The van der Waals surface area contributed by atoms with Crippen LogP contribution in [0.15, 0.2) is 29.5 Å². The average molecular weight is 382 g/mol. The lowest BCUT2D eigenvalue weighted by molar-refractivity contribution is -0.0504. The largest absolute Gasteiger partial charge is 0.497 e. The van der Waals surface area contributed by atoms with E-state index >= 15 is 0 Å².